The van der Waals surface area contributed by atoms with E-state index in [1.165, 1.54) is 12.1 Å². The van der Waals surface area contributed by atoms with Gasteiger partial charge in [-0.05, 0) is 55.7 Å². The zero-order chi connectivity index (χ0) is 24.5. The van der Waals surface area contributed by atoms with Gasteiger partial charge in [-0.2, -0.15) is 13.2 Å². The van der Waals surface area contributed by atoms with Gasteiger partial charge < -0.3 is 19.9 Å². The first kappa shape index (κ1) is 25.3. The highest BCUT2D eigenvalue weighted by Gasteiger charge is 2.50. The molecule has 5 nitrogen and oxygen atoms in total. The number of piperazine rings is 1. The van der Waals surface area contributed by atoms with Crippen molar-refractivity contribution in [1.82, 2.24) is 10.2 Å². The summed E-state index contributed by atoms with van der Waals surface area (Å²) in [4.78, 5) is 17.7. The first-order valence-electron chi connectivity index (χ1n) is 12.7. The van der Waals surface area contributed by atoms with Gasteiger partial charge in [-0.1, -0.05) is 26.8 Å². The summed E-state index contributed by atoms with van der Waals surface area (Å²) in [6, 6.07) is 6.25. The average Bonchev–Trinajstić information content (AvgIpc) is 3.25. The maximum atomic E-state index is 13.8. The van der Waals surface area contributed by atoms with E-state index in [1.54, 1.807) is 6.07 Å². The van der Waals surface area contributed by atoms with E-state index in [0.717, 1.165) is 45.0 Å². The third-order valence-electron chi connectivity index (χ3n) is 8.28. The van der Waals surface area contributed by atoms with Crippen LogP contribution in [0.1, 0.15) is 52.0 Å². The van der Waals surface area contributed by atoms with E-state index in [4.69, 9.17) is 4.74 Å². The smallest absolute Gasteiger partial charge is 0.381 e. The Morgan fingerprint density at radius 1 is 1.18 bits per heavy atom. The van der Waals surface area contributed by atoms with Crippen LogP contribution in [0.5, 0.6) is 0 Å². The maximum Gasteiger partial charge on any atom is 0.416 e. The lowest BCUT2D eigenvalue weighted by molar-refractivity contribution is -0.145. The predicted octanol–water partition coefficient (Wildman–Crippen LogP) is 4.56. The molecule has 1 N–H and O–H groups in total. The number of halogens is 3. The van der Waals surface area contributed by atoms with E-state index in [0.29, 0.717) is 49.9 Å². The average molecular weight is 482 g/mol. The minimum absolute atomic E-state index is 0.218. The van der Waals surface area contributed by atoms with Crippen LogP contribution in [-0.4, -0.2) is 62.3 Å². The Morgan fingerprint density at radius 2 is 1.91 bits per heavy atom. The van der Waals surface area contributed by atoms with E-state index < -0.39 is 11.7 Å². The third-order valence-corrected chi connectivity index (χ3v) is 8.28. The van der Waals surface area contributed by atoms with Crippen LogP contribution in [-0.2, 0) is 15.7 Å². The van der Waals surface area contributed by atoms with Gasteiger partial charge in [0.15, 0.2) is 0 Å². The Hall–Kier alpha value is -1.80. The normalized spacial score (nSPS) is 30.7. The zero-order valence-corrected chi connectivity index (χ0v) is 20.5. The largest absolute Gasteiger partial charge is 0.416 e. The molecule has 0 radical (unpaired) electrons. The molecule has 8 heteroatoms. The molecule has 0 bridgehead atoms. The zero-order valence-electron chi connectivity index (χ0n) is 20.5. The molecule has 34 heavy (non-hydrogen) atoms. The van der Waals surface area contributed by atoms with Crippen LogP contribution in [0.15, 0.2) is 24.3 Å². The minimum Gasteiger partial charge on any atom is -0.381 e. The summed E-state index contributed by atoms with van der Waals surface area (Å²) in [5.74, 6) is 0.929. The van der Waals surface area contributed by atoms with Crippen molar-refractivity contribution in [2.75, 3.05) is 44.3 Å². The van der Waals surface area contributed by atoms with Crippen LogP contribution < -0.4 is 10.2 Å². The Balaban J connectivity index is 1.38. The molecule has 0 unspecified atom stereocenters. The van der Waals surface area contributed by atoms with E-state index >= 15 is 0 Å². The number of carbonyl (C=O) groups excluding carboxylic acids is 1. The number of benzene rings is 1. The molecule has 3 aliphatic rings. The Kier molecular flexibility index (Phi) is 7.48. The van der Waals surface area contributed by atoms with Gasteiger partial charge in [0.2, 0.25) is 5.91 Å². The maximum absolute atomic E-state index is 13.8. The predicted molar refractivity (Wildman–Crippen MR) is 127 cm³/mol. The summed E-state index contributed by atoms with van der Waals surface area (Å²) in [7, 11) is 0. The molecule has 1 aromatic carbocycles. The molecule has 1 saturated carbocycles. The molecular weight excluding hydrogens is 443 g/mol. The lowest BCUT2D eigenvalue weighted by Crippen LogP contribution is -2.54. The van der Waals surface area contributed by atoms with E-state index in [9.17, 15) is 18.0 Å². The van der Waals surface area contributed by atoms with Crippen molar-refractivity contribution in [3.05, 3.63) is 29.8 Å². The number of anilines is 1. The van der Waals surface area contributed by atoms with Gasteiger partial charge in [0, 0.05) is 50.6 Å². The minimum atomic E-state index is -4.35. The first-order chi connectivity index (χ1) is 16.1. The number of hydrogen-bond donors (Lipinski definition) is 1. The molecule has 1 aliphatic carbocycles. The number of ether oxygens (including phenoxy) is 1. The van der Waals surface area contributed by atoms with Crippen molar-refractivity contribution in [3.63, 3.8) is 0 Å². The fraction of sp³-hybridized carbons (Fsp3) is 0.731. The number of amides is 1. The molecule has 2 aliphatic heterocycles. The molecular formula is C26H38F3N3O2. The summed E-state index contributed by atoms with van der Waals surface area (Å²) in [5.41, 5.74) is -0.438. The van der Waals surface area contributed by atoms with Crippen molar-refractivity contribution < 1.29 is 22.7 Å². The topological polar surface area (TPSA) is 44.8 Å². The van der Waals surface area contributed by atoms with Gasteiger partial charge in [0.05, 0.1) is 17.6 Å². The Bertz CT molecular complexity index is 854. The molecule has 1 amide bonds. The first-order valence-corrected chi connectivity index (χ1v) is 12.7. The molecule has 190 valence electrons. The molecule has 1 aromatic rings. The van der Waals surface area contributed by atoms with E-state index in [-0.39, 0.29) is 17.2 Å². The summed E-state index contributed by atoms with van der Waals surface area (Å²) in [5, 5.41) is 3.83. The van der Waals surface area contributed by atoms with Crippen LogP contribution in [0, 0.1) is 17.3 Å². The summed E-state index contributed by atoms with van der Waals surface area (Å²) in [6.07, 6.45) is -0.614. The molecule has 2 saturated heterocycles. The van der Waals surface area contributed by atoms with E-state index in [1.807, 2.05) is 9.80 Å². The van der Waals surface area contributed by atoms with Crippen molar-refractivity contribution in [2.45, 2.75) is 64.7 Å². The number of rotatable bonds is 5. The number of carbonyl (C=O) groups is 1. The number of hydrogen-bond acceptors (Lipinski definition) is 4. The monoisotopic (exact) mass is 481 g/mol. The highest BCUT2D eigenvalue weighted by atomic mass is 19.4. The van der Waals surface area contributed by atoms with Gasteiger partial charge >= 0.3 is 6.18 Å². The van der Waals surface area contributed by atoms with Crippen molar-refractivity contribution in [1.29, 1.82) is 0 Å². The molecule has 4 atom stereocenters. The van der Waals surface area contributed by atoms with Crippen LogP contribution in [0.25, 0.3) is 0 Å². The molecule has 0 spiro atoms. The lowest BCUT2D eigenvalue weighted by atomic mass is 9.74. The quantitative estimate of drug-likeness (QED) is 0.670. The summed E-state index contributed by atoms with van der Waals surface area (Å²) < 4.78 is 44.9. The molecule has 2 heterocycles. The van der Waals surface area contributed by atoms with Gasteiger partial charge in [-0.25, -0.2) is 0 Å². The lowest BCUT2D eigenvalue weighted by Gasteiger charge is -2.42. The second-order valence-corrected chi connectivity index (χ2v) is 10.7. The molecule has 0 aromatic heterocycles. The van der Waals surface area contributed by atoms with Crippen LogP contribution >= 0.6 is 0 Å². The van der Waals surface area contributed by atoms with Gasteiger partial charge in [-0.15, -0.1) is 0 Å². The van der Waals surface area contributed by atoms with Gasteiger partial charge in [-0.3, -0.25) is 4.79 Å². The van der Waals surface area contributed by atoms with Crippen LogP contribution in [0.2, 0.25) is 0 Å². The third kappa shape index (κ3) is 5.23. The highest BCUT2D eigenvalue weighted by Crippen LogP contribution is 2.46. The Morgan fingerprint density at radius 3 is 2.56 bits per heavy atom. The molecule has 3 fully saturated rings. The SMILES string of the molecule is CC(C)[C@]1(C(=O)N2CCN(c3cccc(C(F)(F)F)c3)CC2)CC[C@@H](N[C@H]2CCOC[C@@H]2C)C1. The summed E-state index contributed by atoms with van der Waals surface area (Å²) in [6.45, 7) is 10.3. The fourth-order valence-corrected chi connectivity index (χ4v) is 5.98. The number of alkyl halides is 3. The van der Waals surface area contributed by atoms with Gasteiger partial charge in [0.25, 0.3) is 0 Å². The van der Waals surface area contributed by atoms with Crippen LogP contribution in [0.4, 0.5) is 18.9 Å². The van der Waals surface area contributed by atoms with Crippen LogP contribution in [0.3, 0.4) is 0 Å². The molecule has 4 rings (SSSR count). The highest BCUT2D eigenvalue weighted by molar-refractivity contribution is 5.84. The standard InChI is InChI=1S/C26H38F3N3O2/c1-18(2)25(9-7-21(16-25)30-23-8-14-34-17-19(23)3)24(33)32-12-10-31(11-13-32)22-6-4-5-20(15-22)26(27,28)29/h4-6,15,18-19,21,23,30H,7-14,16-17H2,1-3H3/t19-,21+,23-,25-/m0/s1. The van der Waals surface area contributed by atoms with Crippen molar-refractivity contribution in [3.8, 4) is 0 Å². The Labute approximate surface area is 201 Å². The number of nitrogens with one attached hydrogen (secondary N) is 1. The summed E-state index contributed by atoms with van der Waals surface area (Å²) >= 11 is 0. The van der Waals surface area contributed by atoms with E-state index in [2.05, 4.69) is 26.1 Å². The number of nitrogens with zero attached hydrogens (tertiary/aromatic N) is 2. The van der Waals surface area contributed by atoms with Gasteiger partial charge in [0.1, 0.15) is 0 Å². The second kappa shape index (κ2) is 10.1. The van der Waals surface area contributed by atoms with Crippen molar-refractivity contribution in [2.24, 2.45) is 17.3 Å². The van der Waals surface area contributed by atoms with Crippen molar-refractivity contribution >= 4 is 11.6 Å². The second-order valence-electron chi connectivity index (χ2n) is 10.7. The fourth-order valence-electron chi connectivity index (χ4n) is 5.98.